The second-order valence-corrected chi connectivity index (χ2v) is 22.1. The molecule has 3 heterocycles. The van der Waals surface area contributed by atoms with Crippen LogP contribution in [0.3, 0.4) is 0 Å². The lowest BCUT2D eigenvalue weighted by Gasteiger charge is -2.42. The number of nitrogens with one attached hydrogen (secondary N) is 1. The van der Waals surface area contributed by atoms with Gasteiger partial charge in [0.15, 0.2) is 17.0 Å². The molecule has 1 aliphatic heterocycles. The maximum atomic E-state index is 15.3. The number of rotatable bonds is 28. The molecule has 1 amide bonds. The van der Waals surface area contributed by atoms with Gasteiger partial charge in [0.1, 0.15) is 35.8 Å². The first-order chi connectivity index (χ1) is 41.5. The lowest BCUT2D eigenvalue weighted by molar-refractivity contribution is -0.461. The first-order valence-corrected chi connectivity index (χ1v) is 27.8. The molecule has 0 aliphatic carbocycles. The molecule has 0 radical (unpaired) electrons. The van der Waals surface area contributed by atoms with E-state index in [9.17, 15) is 67.1 Å². The van der Waals surface area contributed by atoms with Crippen LogP contribution in [-0.2, 0) is 30.5 Å². The number of aromatic nitrogens is 4. The summed E-state index contributed by atoms with van der Waals surface area (Å²) in [6.07, 6.45) is -12.6. The van der Waals surface area contributed by atoms with Gasteiger partial charge in [-0.15, -0.1) is 0 Å². The predicted octanol–water partition coefficient (Wildman–Crippen LogP) is 15.0. The summed E-state index contributed by atoms with van der Waals surface area (Å²) in [4.78, 5) is 26.5. The largest absolute Gasteiger partial charge is 0.497 e. The van der Waals surface area contributed by atoms with E-state index in [1.807, 2.05) is 38.4 Å². The molecule has 4 aromatic carbocycles. The van der Waals surface area contributed by atoms with Crippen molar-refractivity contribution in [3.63, 3.8) is 0 Å². The molecule has 2 aromatic heterocycles. The van der Waals surface area contributed by atoms with Crippen molar-refractivity contribution in [1.82, 2.24) is 24.2 Å². The van der Waals surface area contributed by atoms with E-state index < -0.39 is 111 Å². The predicted molar refractivity (Wildman–Crippen MR) is 286 cm³/mol. The topological polar surface area (TPSA) is 155 Å². The number of carbonyl (C=O) groups excluding carboxylic acids is 1. The Bertz CT molecular complexity index is 3340. The number of imidazole rings is 1. The molecular weight excluding hydrogens is 1250 g/mol. The molecule has 1 N–H and O–H groups in total. The highest BCUT2D eigenvalue weighted by atomic mass is 31.2. The Hall–Kier alpha value is -6.97. The van der Waals surface area contributed by atoms with Crippen LogP contribution in [0.1, 0.15) is 85.8 Å². The molecule has 0 spiro atoms. The highest BCUT2D eigenvalue weighted by Gasteiger charge is 2.95. The van der Waals surface area contributed by atoms with Gasteiger partial charge < -0.3 is 33.3 Å². The zero-order chi connectivity index (χ0) is 65.9. The average molecular weight is 1300 g/mol. The van der Waals surface area contributed by atoms with Crippen molar-refractivity contribution in [3.8, 4) is 17.6 Å². The standard InChI is InChI=1S/C57H55F17N7O7P/c1-33(2)81(34(3)4)89(86-28-10-27-75)88-42-29-44(80-32-78-45-46(76-31-77-47(45)80)79-48(82)36-11-8-7-9-12-36)87-43(42)30-85-50(38-17-21-40(83-5)22-18-38,39-19-23-41(84-6)24-20-39)37-15-13-35(14-16-37)25-26-49(58,59)51(60,61)52(62,63)53(64,65)54(66,67)55(68,69)56(70,71)57(72,73)74/h7-9,11-24,31-34,42-44H,10,25-26,28-30H2,1-6H3,(H,76,77,79,82)/t42-,43+,44+,89?/m0/s1. The minimum atomic E-state index is -8.75. The Morgan fingerprint density at radius 1 is 0.697 bits per heavy atom. The van der Waals surface area contributed by atoms with Crippen molar-refractivity contribution in [2.75, 3.05) is 32.8 Å². The van der Waals surface area contributed by atoms with Gasteiger partial charge in [-0.2, -0.15) is 79.9 Å². The summed E-state index contributed by atoms with van der Waals surface area (Å²) < 4.78 is 282. The van der Waals surface area contributed by atoms with E-state index in [0.29, 0.717) is 17.1 Å². The number of amides is 1. The number of benzene rings is 4. The van der Waals surface area contributed by atoms with E-state index in [1.54, 1.807) is 59.2 Å². The molecule has 6 aromatic rings. The van der Waals surface area contributed by atoms with Crippen molar-refractivity contribution in [1.29, 1.82) is 5.26 Å². The molecule has 32 heteroatoms. The average Bonchev–Trinajstić information content (AvgIpc) is 1.21. The number of nitrogens with zero attached hydrogens (tertiary/aromatic N) is 6. The maximum absolute atomic E-state index is 15.3. The van der Waals surface area contributed by atoms with E-state index in [1.165, 1.54) is 63.3 Å². The van der Waals surface area contributed by atoms with Crippen LogP contribution in [0.25, 0.3) is 11.2 Å². The van der Waals surface area contributed by atoms with Gasteiger partial charge in [0.2, 0.25) is 0 Å². The van der Waals surface area contributed by atoms with Crippen molar-refractivity contribution < 1.29 is 107 Å². The monoisotopic (exact) mass is 1300 g/mol. The summed E-state index contributed by atoms with van der Waals surface area (Å²) in [6, 6.07) is 26.5. The molecule has 484 valence electrons. The van der Waals surface area contributed by atoms with Gasteiger partial charge in [-0.1, -0.05) is 66.7 Å². The number of fused-ring (bicyclic) bond motifs is 1. The van der Waals surface area contributed by atoms with E-state index in [-0.39, 0.29) is 65.2 Å². The van der Waals surface area contributed by atoms with Crippen LogP contribution in [0.2, 0.25) is 0 Å². The zero-order valence-electron chi connectivity index (χ0n) is 47.5. The minimum Gasteiger partial charge on any atom is -0.497 e. The Labute approximate surface area is 498 Å². The number of methoxy groups -OCH3 is 2. The molecule has 0 bridgehead atoms. The first kappa shape index (κ1) is 69.5. The summed E-state index contributed by atoms with van der Waals surface area (Å²) in [6.45, 7) is 7.09. The number of anilines is 1. The van der Waals surface area contributed by atoms with Gasteiger partial charge in [-0.3, -0.25) is 9.36 Å². The third kappa shape index (κ3) is 13.2. The number of nitriles is 1. The SMILES string of the molecule is COc1ccc(C(OC[C@H]2O[C@@H](n3cnc4c(NC(=O)c5ccccc5)ncnc43)C[C@@H]2OP(OCCC#N)N(C(C)C)C(C)C)(c2ccc(CCC(F)(F)C(F)(F)C(F)(F)C(F)(F)C(F)(F)C(F)(F)C(F)(F)C(F)(F)F)cc2)c2ccc(OC)cc2)cc1. The Morgan fingerprint density at radius 3 is 1.70 bits per heavy atom. The lowest BCUT2D eigenvalue weighted by Crippen LogP contribution is -2.74. The second kappa shape index (κ2) is 26.5. The Morgan fingerprint density at radius 2 is 1.20 bits per heavy atom. The van der Waals surface area contributed by atoms with Gasteiger partial charge in [-0.05, 0) is 92.8 Å². The fraction of sp³-hybridized carbons (Fsp3) is 0.456. The van der Waals surface area contributed by atoms with Gasteiger partial charge in [0.05, 0.1) is 52.4 Å². The Balaban J connectivity index is 1.28. The highest BCUT2D eigenvalue weighted by molar-refractivity contribution is 7.44. The molecule has 1 aliphatic rings. The number of hydrogen-bond acceptors (Lipinski definition) is 12. The molecular formula is C57H55F17N7O7P. The third-order valence-corrected chi connectivity index (χ3v) is 16.5. The summed E-state index contributed by atoms with van der Waals surface area (Å²) in [5.41, 5.74) is -1.11. The molecule has 0 saturated carbocycles. The van der Waals surface area contributed by atoms with Crippen LogP contribution in [0.4, 0.5) is 80.5 Å². The summed E-state index contributed by atoms with van der Waals surface area (Å²) in [5.74, 6) is -57.1. The number of aryl methyl sites for hydroxylation is 1. The molecule has 89 heavy (non-hydrogen) atoms. The number of hydrogen-bond donors (Lipinski definition) is 1. The van der Waals surface area contributed by atoms with Crippen molar-refractivity contribution >= 4 is 31.4 Å². The molecule has 1 saturated heterocycles. The van der Waals surface area contributed by atoms with Crippen LogP contribution in [-0.4, -0.2) is 129 Å². The van der Waals surface area contributed by atoms with Crippen LogP contribution in [0.5, 0.6) is 11.5 Å². The normalized spacial score (nSPS) is 17.2. The van der Waals surface area contributed by atoms with Gasteiger partial charge in [0, 0.05) is 30.5 Å². The fourth-order valence-electron chi connectivity index (χ4n) is 9.64. The summed E-state index contributed by atoms with van der Waals surface area (Å²) in [7, 11) is 0.708. The van der Waals surface area contributed by atoms with E-state index in [4.69, 9.17) is 28.0 Å². The Kier molecular flexibility index (Phi) is 20.7. The third-order valence-electron chi connectivity index (χ3n) is 14.3. The fourth-order valence-corrected chi connectivity index (χ4v) is 11.4. The van der Waals surface area contributed by atoms with Gasteiger partial charge in [-0.25, -0.2) is 19.6 Å². The highest BCUT2D eigenvalue weighted by Crippen LogP contribution is 2.64. The van der Waals surface area contributed by atoms with Crippen LogP contribution < -0.4 is 14.8 Å². The van der Waals surface area contributed by atoms with Gasteiger partial charge in [0.25, 0.3) is 14.4 Å². The van der Waals surface area contributed by atoms with Crippen LogP contribution in [0.15, 0.2) is 116 Å². The smallest absolute Gasteiger partial charge is 0.460 e. The number of halogens is 17. The van der Waals surface area contributed by atoms with Crippen LogP contribution in [0, 0.1) is 11.3 Å². The van der Waals surface area contributed by atoms with Crippen molar-refractivity contribution in [3.05, 3.63) is 144 Å². The number of alkyl halides is 17. The molecule has 4 atom stereocenters. The lowest BCUT2D eigenvalue weighted by atomic mass is 9.79. The number of ether oxygens (including phenoxy) is 4. The second-order valence-electron chi connectivity index (χ2n) is 20.7. The summed E-state index contributed by atoms with van der Waals surface area (Å²) >= 11 is 0. The molecule has 7 rings (SSSR count). The van der Waals surface area contributed by atoms with Gasteiger partial charge >= 0.3 is 47.6 Å². The molecule has 1 fully saturated rings. The maximum Gasteiger partial charge on any atom is 0.460 e. The quantitative estimate of drug-likeness (QED) is 0.0215. The number of carbonyl (C=O) groups is 1. The molecule has 14 nitrogen and oxygen atoms in total. The van der Waals surface area contributed by atoms with E-state index in [0.717, 1.165) is 12.1 Å². The summed E-state index contributed by atoms with van der Waals surface area (Å²) in [5, 5.41) is 12.2. The molecule has 1 unspecified atom stereocenters. The zero-order valence-corrected chi connectivity index (χ0v) is 48.4. The minimum absolute atomic E-state index is 0.0165. The van der Waals surface area contributed by atoms with E-state index in [2.05, 4.69) is 20.3 Å². The van der Waals surface area contributed by atoms with Crippen LogP contribution >= 0.6 is 8.53 Å². The first-order valence-electron chi connectivity index (χ1n) is 26.7. The van der Waals surface area contributed by atoms with Crippen molar-refractivity contribution in [2.24, 2.45) is 0 Å². The van der Waals surface area contributed by atoms with E-state index >= 15 is 17.6 Å². The van der Waals surface area contributed by atoms with Crippen molar-refractivity contribution in [2.45, 2.75) is 137 Å².